The minimum atomic E-state index is -0.210. The quantitative estimate of drug-likeness (QED) is 0.924. The second-order valence-corrected chi connectivity index (χ2v) is 6.16. The Labute approximate surface area is 124 Å². The third-order valence-electron chi connectivity index (χ3n) is 3.57. The number of halogens is 1. The van der Waals surface area contributed by atoms with Crippen LogP contribution < -0.4 is 0 Å². The first-order chi connectivity index (χ1) is 9.38. The van der Waals surface area contributed by atoms with E-state index in [1.54, 1.807) is 11.9 Å². The zero-order valence-corrected chi connectivity index (χ0v) is 12.8. The topological polar surface area (TPSA) is 66.3 Å². The van der Waals surface area contributed by atoms with Gasteiger partial charge in [0.1, 0.15) is 5.82 Å². The second kappa shape index (κ2) is 6.06. The number of carbonyl (C=O) groups is 1. The lowest BCUT2D eigenvalue weighted by Crippen LogP contribution is -2.40. The molecule has 2 rings (SSSR count). The van der Waals surface area contributed by atoms with Gasteiger partial charge >= 0.3 is 0 Å². The van der Waals surface area contributed by atoms with Crippen LogP contribution in [0.3, 0.4) is 0 Å². The Morgan fingerprint density at radius 2 is 2.20 bits per heavy atom. The van der Waals surface area contributed by atoms with Crippen molar-refractivity contribution in [3.63, 3.8) is 0 Å². The van der Waals surface area contributed by atoms with E-state index in [0.29, 0.717) is 18.3 Å². The smallest absolute Gasteiger partial charge is 0.273 e. The molecule has 1 saturated carbocycles. The first-order valence-corrected chi connectivity index (χ1v) is 7.22. The number of rotatable bonds is 4. The van der Waals surface area contributed by atoms with E-state index in [1.165, 1.54) is 6.20 Å². The lowest BCUT2D eigenvalue weighted by atomic mass is 9.82. The molecule has 110 valence electrons. The summed E-state index contributed by atoms with van der Waals surface area (Å²) in [6, 6.07) is 0. The molecule has 6 heteroatoms. The fourth-order valence-electron chi connectivity index (χ4n) is 2.31. The van der Waals surface area contributed by atoms with Crippen molar-refractivity contribution in [3.05, 3.63) is 22.7 Å². The Hall–Kier alpha value is -1.20. The van der Waals surface area contributed by atoms with Gasteiger partial charge in [0.15, 0.2) is 5.69 Å². The summed E-state index contributed by atoms with van der Waals surface area (Å²) in [7, 11) is 1.74. The van der Waals surface area contributed by atoms with Gasteiger partial charge in [-0.25, -0.2) is 9.97 Å². The molecular weight excluding hydrogens is 278 g/mol. The third kappa shape index (κ3) is 3.27. The highest BCUT2D eigenvalue weighted by molar-refractivity contribution is 6.33. The van der Waals surface area contributed by atoms with E-state index in [1.807, 2.05) is 13.8 Å². The Morgan fingerprint density at radius 3 is 2.75 bits per heavy atom. The molecule has 1 aromatic rings. The van der Waals surface area contributed by atoms with Gasteiger partial charge < -0.3 is 10.0 Å². The van der Waals surface area contributed by atoms with E-state index in [4.69, 9.17) is 11.6 Å². The van der Waals surface area contributed by atoms with Crippen molar-refractivity contribution in [1.29, 1.82) is 0 Å². The molecule has 0 saturated heterocycles. The molecule has 0 aromatic carbocycles. The maximum Gasteiger partial charge on any atom is 0.273 e. The molecule has 1 heterocycles. The first-order valence-electron chi connectivity index (χ1n) is 6.84. The summed E-state index contributed by atoms with van der Waals surface area (Å²) < 4.78 is 0. The largest absolute Gasteiger partial charge is 0.393 e. The van der Waals surface area contributed by atoms with E-state index in [9.17, 15) is 9.90 Å². The van der Waals surface area contributed by atoms with Crippen LogP contribution >= 0.6 is 11.6 Å². The van der Waals surface area contributed by atoms with Crippen molar-refractivity contribution in [3.8, 4) is 0 Å². The fraction of sp³-hybridized carbons (Fsp3) is 0.643. The summed E-state index contributed by atoms with van der Waals surface area (Å²) in [4.78, 5) is 22.4. The summed E-state index contributed by atoms with van der Waals surface area (Å²) in [6.07, 6.45) is 2.79. The molecule has 5 nitrogen and oxygen atoms in total. The van der Waals surface area contributed by atoms with E-state index in [2.05, 4.69) is 9.97 Å². The predicted molar refractivity (Wildman–Crippen MR) is 76.8 cm³/mol. The van der Waals surface area contributed by atoms with Crippen LogP contribution in [0.25, 0.3) is 0 Å². The molecule has 1 aliphatic carbocycles. The van der Waals surface area contributed by atoms with Crippen molar-refractivity contribution in [2.24, 2.45) is 5.92 Å². The third-order valence-corrected chi connectivity index (χ3v) is 3.85. The van der Waals surface area contributed by atoms with E-state index in [0.717, 1.165) is 12.8 Å². The molecule has 0 radical (unpaired) electrons. The molecule has 1 aromatic heterocycles. The van der Waals surface area contributed by atoms with Gasteiger partial charge in [0.25, 0.3) is 5.91 Å². The number of aromatic nitrogens is 2. The number of aliphatic hydroxyl groups is 1. The van der Waals surface area contributed by atoms with Crippen LogP contribution in [-0.4, -0.2) is 45.6 Å². The van der Waals surface area contributed by atoms with Crippen LogP contribution in [0.15, 0.2) is 6.20 Å². The molecule has 1 amide bonds. The zero-order chi connectivity index (χ0) is 14.9. The average Bonchev–Trinajstić information content (AvgIpc) is 2.36. The molecule has 20 heavy (non-hydrogen) atoms. The van der Waals surface area contributed by atoms with Gasteiger partial charge in [0, 0.05) is 19.5 Å². The molecule has 0 atom stereocenters. The van der Waals surface area contributed by atoms with Gasteiger partial charge in [0.2, 0.25) is 0 Å². The van der Waals surface area contributed by atoms with E-state index in [-0.39, 0.29) is 28.6 Å². The van der Waals surface area contributed by atoms with Gasteiger partial charge in [0.05, 0.1) is 17.3 Å². The Bertz CT molecular complexity index is 501. The summed E-state index contributed by atoms with van der Waals surface area (Å²) >= 11 is 6.03. The Kier molecular flexibility index (Phi) is 4.60. The number of carbonyl (C=O) groups excluding carboxylic acids is 1. The van der Waals surface area contributed by atoms with Crippen LogP contribution in [0.2, 0.25) is 5.02 Å². The number of nitrogens with zero attached hydrogens (tertiary/aromatic N) is 3. The van der Waals surface area contributed by atoms with Crippen LogP contribution in [-0.2, 0) is 0 Å². The number of hydrogen-bond donors (Lipinski definition) is 1. The summed E-state index contributed by atoms with van der Waals surface area (Å²) in [5.41, 5.74) is 0.257. The highest BCUT2D eigenvalue weighted by Crippen LogP contribution is 2.28. The van der Waals surface area contributed by atoms with Crippen LogP contribution in [0.4, 0.5) is 0 Å². The number of aliphatic hydroxyl groups excluding tert-OH is 1. The molecule has 0 spiro atoms. The van der Waals surface area contributed by atoms with Crippen molar-refractivity contribution >= 4 is 17.5 Å². The van der Waals surface area contributed by atoms with Crippen LogP contribution in [0, 0.1) is 5.92 Å². The van der Waals surface area contributed by atoms with E-state index >= 15 is 0 Å². The van der Waals surface area contributed by atoms with Gasteiger partial charge in [-0.3, -0.25) is 4.79 Å². The molecule has 0 bridgehead atoms. The Balaban J connectivity index is 2.09. The van der Waals surface area contributed by atoms with Gasteiger partial charge in [-0.2, -0.15) is 0 Å². The predicted octanol–water partition coefficient (Wildman–Crippen LogP) is 2.10. The normalized spacial score (nSPS) is 21.7. The van der Waals surface area contributed by atoms with Crippen molar-refractivity contribution in [2.45, 2.75) is 38.7 Å². The molecule has 1 N–H and O–H groups in total. The standard InChI is InChI=1S/C14H20ClN3O2/c1-8(2)13-16-6-11(15)12(17-13)14(20)18(3)7-9-4-10(19)5-9/h6,8-10,19H,4-5,7H2,1-3H3. The van der Waals surface area contributed by atoms with Crippen LogP contribution in [0.1, 0.15) is 48.9 Å². The maximum atomic E-state index is 12.4. The molecule has 1 fully saturated rings. The minimum Gasteiger partial charge on any atom is -0.393 e. The SMILES string of the molecule is CC(C)c1ncc(Cl)c(C(=O)N(C)CC2CC(O)C2)n1. The van der Waals surface area contributed by atoms with Crippen molar-refractivity contribution in [1.82, 2.24) is 14.9 Å². The Morgan fingerprint density at radius 1 is 1.55 bits per heavy atom. The fourth-order valence-corrected chi connectivity index (χ4v) is 2.48. The average molecular weight is 298 g/mol. The molecule has 0 unspecified atom stereocenters. The summed E-state index contributed by atoms with van der Waals surface area (Å²) in [5.74, 6) is 0.931. The molecule has 0 aliphatic heterocycles. The first kappa shape index (κ1) is 15.2. The number of hydrogen-bond acceptors (Lipinski definition) is 4. The summed E-state index contributed by atoms with van der Waals surface area (Å²) in [5, 5.41) is 9.56. The number of amides is 1. The van der Waals surface area contributed by atoms with Crippen LogP contribution in [0.5, 0.6) is 0 Å². The highest BCUT2D eigenvalue weighted by atomic mass is 35.5. The molecule has 1 aliphatic rings. The van der Waals surface area contributed by atoms with Gasteiger partial charge in [-0.05, 0) is 18.8 Å². The minimum absolute atomic E-state index is 0.144. The van der Waals surface area contributed by atoms with Crippen molar-refractivity contribution < 1.29 is 9.90 Å². The summed E-state index contributed by atoms with van der Waals surface area (Å²) in [6.45, 7) is 4.56. The second-order valence-electron chi connectivity index (χ2n) is 5.76. The maximum absolute atomic E-state index is 12.4. The van der Waals surface area contributed by atoms with Gasteiger partial charge in [-0.15, -0.1) is 0 Å². The highest BCUT2D eigenvalue weighted by Gasteiger charge is 2.30. The molecular formula is C14H20ClN3O2. The van der Waals surface area contributed by atoms with Crippen molar-refractivity contribution in [2.75, 3.05) is 13.6 Å². The monoisotopic (exact) mass is 297 g/mol. The van der Waals surface area contributed by atoms with E-state index < -0.39 is 0 Å². The lowest BCUT2D eigenvalue weighted by Gasteiger charge is -2.34. The zero-order valence-electron chi connectivity index (χ0n) is 12.0. The lowest BCUT2D eigenvalue weighted by molar-refractivity contribution is 0.0264. The van der Waals surface area contributed by atoms with Gasteiger partial charge in [-0.1, -0.05) is 25.4 Å².